The van der Waals surface area contributed by atoms with Crippen LogP contribution in [-0.2, 0) is 4.79 Å². The number of urea groups is 1. The normalized spacial score (nSPS) is 20.6. The summed E-state index contributed by atoms with van der Waals surface area (Å²) in [5.41, 5.74) is -0.292. The van der Waals surface area contributed by atoms with Crippen LogP contribution in [0.1, 0.15) is 26.0 Å². The minimum atomic E-state index is -0.933. The smallest absolute Gasteiger partial charge is 0.346 e. The Balaban J connectivity index is 1.82. The van der Waals surface area contributed by atoms with E-state index >= 15 is 0 Å². The first-order chi connectivity index (χ1) is 11.8. The van der Waals surface area contributed by atoms with E-state index in [4.69, 9.17) is 27.6 Å². The molecule has 1 aromatic carbocycles. The lowest BCUT2D eigenvalue weighted by Crippen LogP contribution is -2.42. The number of carbonyl (C=O) groups is 2. The zero-order chi connectivity index (χ0) is 18.2. The Morgan fingerprint density at radius 2 is 2.04 bits per heavy atom. The van der Waals surface area contributed by atoms with E-state index in [-0.39, 0.29) is 0 Å². The van der Waals surface area contributed by atoms with Gasteiger partial charge in [0.2, 0.25) is 0 Å². The van der Waals surface area contributed by atoms with Crippen LogP contribution in [0, 0.1) is 0 Å². The van der Waals surface area contributed by atoms with E-state index in [0.29, 0.717) is 33.6 Å². The van der Waals surface area contributed by atoms with Crippen LogP contribution in [-0.4, -0.2) is 28.7 Å². The third-order valence-electron chi connectivity index (χ3n) is 4.07. The summed E-state index contributed by atoms with van der Waals surface area (Å²) in [5, 5.41) is 8.39. The molecule has 6 nitrogen and oxygen atoms in total. The van der Waals surface area contributed by atoms with Crippen LogP contribution in [0.4, 0.5) is 4.79 Å². The number of furan rings is 1. The first kappa shape index (κ1) is 17.5. The van der Waals surface area contributed by atoms with Crippen LogP contribution in [0.5, 0.6) is 0 Å². The van der Waals surface area contributed by atoms with Gasteiger partial charge in [0, 0.05) is 10.6 Å². The van der Waals surface area contributed by atoms with Gasteiger partial charge in [-0.05, 0) is 43.7 Å². The molecule has 0 aliphatic carbocycles. The number of nitrogens with one attached hydrogen (secondary N) is 1. The van der Waals surface area contributed by atoms with Gasteiger partial charge in [0.25, 0.3) is 5.91 Å². The van der Waals surface area contributed by atoms with E-state index in [1.807, 2.05) is 6.92 Å². The molecule has 130 valence electrons. The summed E-state index contributed by atoms with van der Waals surface area (Å²) in [5.74, 6) is 0.474. The molecule has 8 heteroatoms. The van der Waals surface area contributed by atoms with Crippen molar-refractivity contribution in [3.8, 4) is 11.3 Å². The van der Waals surface area contributed by atoms with Crippen molar-refractivity contribution in [2.24, 2.45) is 5.10 Å². The quantitative estimate of drug-likeness (QED) is 0.635. The SMILES string of the molecule is CC[C@@]1(C)NC(=O)N(/N=C\c2ccc(-c3cc(Cl)ccc3Cl)o2)C1=O. The lowest BCUT2D eigenvalue weighted by atomic mass is 10.00. The number of hydrogen-bond acceptors (Lipinski definition) is 4. The van der Waals surface area contributed by atoms with E-state index in [1.165, 1.54) is 6.21 Å². The average Bonchev–Trinajstić information content (AvgIpc) is 3.13. The van der Waals surface area contributed by atoms with Gasteiger partial charge in [-0.2, -0.15) is 5.10 Å². The number of carbonyl (C=O) groups excluding carboxylic acids is 2. The molecular weight excluding hydrogens is 365 g/mol. The number of amides is 3. The van der Waals surface area contributed by atoms with Gasteiger partial charge >= 0.3 is 6.03 Å². The Labute approximate surface area is 154 Å². The van der Waals surface area contributed by atoms with Crippen molar-refractivity contribution >= 4 is 41.4 Å². The lowest BCUT2D eigenvalue weighted by Gasteiger charge is -2.17. The van der Waals surface area contributed by atoms with Crippen molar-refractivity contribution in [1.29, 1.82) is 0 Å². The Morgan fingerprint density at radius 3 is 2.72 bits per heavy atom. The zero-order valence-electron chi connectivity index (χ0n) is 13.5. The summed E-state index contributed by atoms with van der Waals surface area (Å²) in [6, 6.07) is 7.85. The molecule has 1 atom stereocenters. The Hall–Kier alpha value is -2.31. The van der Waals surface area contributed by atoms with Gasteiger partial charge in [-0.15, -0.1) is 5.01 Å². The summed E-state index contributed by atoms with van der Waals surface area (Å²) in [6.07, 6.45) is 1.78. The second kappa shape index (κ2) is 6.54. The molecule has 3 rings (SSSR count). The maximum Gasteiger partial charge on any atom is 0.346 e. The maximum absolute atomic E-state index is 12.3. The first-order valence-corrected chi connectivity index (χ1v) is 8.35. The number of imide groups is 1. The molecule has 1 aliphatic rings. The molecule has 2 heterocycles. The lowest BCUT2D eigenvalue weighted by molar-refractivity contribution is -0.130. The standard InChI is InChI=1S/C17H15Cl2N3O3/c1-3-17(2)15(23)22(16(24)21-17)20-9-11-5-7-14(25-11)12-8-10(18)4-6-13(12)19/h4-9H,3H2,1-2H3,(H,21,24)/b20-9-/t17-/m1/s1. The molecule has 1 saturated heterocycles. The van der Waals surface area contributed by atoms with Crippen LogP contribution in [0.15, 0.2) is 39.9 Å². The number of benzene rings is 1. The summed E-state index contributed by atoms with van der Waals surface area (Å²) in [7, 11) is 0. The molecule has 1 fully saturated rings. The number of rotatable bonds is 4. The molecule has 0 radical (unpaired) electrons. The number of nitrogens with zero attached hydrogens (tertiary/aromatic N) is 2. The monoisotopic (exact) mass is 379 g/mol. The third kappa shape index (κ3) is 3.27. The fraction of sp³-hybridized carbons (Fsp3) is 0.235. The summed E-state index contributed by atoms with van der Waals surface area (Å²) in [6.45, 7) is 3.48. The third-order valence-corrected chi connectivity index (χ3v) is 4.63. The van der Waals surface area contributed by atoms with Gasteiger partial charge in [-0.1, -0.05) is 30.1 Å². The van der Waals surface area contributed by atoms with E-state index in [2.05, 4.69) is 10.4 Å². The van der Waals surface area contributed by atoms with Crippen LogP contribution in [0.2, 0.25) is 10.0 Å². The molecule has 0 spiro atoms. The van der Waals surface area contributed by atoms with Crippen molar-refractivity contribution in [3.63, 3.8) is 0 Å². The second-order valence-corrected chi connectivity index (χ2v) is 6.65. The Bertz CT molecular complexity index is 878. The summed E-state index contributed by atoms with van der Waals surface area (Å²) >= 11 is 12.1. The molecule has 1 N–H and O–H groups in total. The minimum Gasteiger partial charge on any atom is -0.455 e. The molecule has 25 heavy (non-hydrogen) atoms. The first-order valence-electron chi connectivity index (χ1n) is 7.60. The summed E-state index contributed by atoms with van der Waals surface area (Å²) in [4.78, 5) is 24.2. The Kier molecular flexibility index (Phi) is 4.58. The van der Waals surface area contributed by atoms with Gasteiger partial charge in [0.1, 0.15) is 17.1 Å². The number of halogens is 2. The fourth-order valence-electron chi connectivity index (χ4n) is 2.38. The number of hydrogen-bond donors (Lipinski definition) is 1. The molecule has 1 aliphatic heterocycles. The van der Waals surface area contributed by atoms with Crippen LogP contribution in [0.25, 0.3) is 11.3 Å². The van der Waals surface area contributed by atoms with E-state index in [0.717, 1.165) is 5.01 Å². The van der Waals surface area contributed by atoms with Crippen molar-refractivity contribution in [3.05, 3.63) is 46.1 Å². The maximum atomic E-state index is 12.3. The highest BCUT2D eigenvalue weighted by molar-refractivity contribution is 6.35. The largest absolute Gasteiger partial charge is 0.455 e. The molecular formula is C17H15Cl2N3O3. The molecule has 0 unspecified atom stereocenters. The minimum absolute atomic E-state index is 0.372. The molecule has 3 amide bonds. The highest BCUT2D eigenvalue weighted by Crippen LogP contribution is 2.31. The van der Waals surface area contributed by atoms with Crippen LogP contribution >= 0.6 is 23.2 Å². The highest BCUT2D eigenvalue weighted by Gasteiger charge is 2.46. The summed E-state index contributed by atoms with van der Waals surface area (Å²) < 4.78 is 5.65. The van der Waals surface area contributed by atoms with Gasteiger partial charge in [0.15, 0.2) is 0 Å². The van der Waals surface area contributed by atoms with Gasteiger partial charge < -0.3 is 9.73 Å². The molecule has 0 bridgehead atoms. The van der Waals surface area contributed by atoms with Crippen molar-refractivity contribution < 1.29 is 14.0 Å². The average molecular weight is 380 g/mol. The molecule has 1 aromatic heterocycles. The van der Waals surface area contributed by atoms with E-state index < -0.39 is 17.5 Å². The highest BCUT2D eigenvalue weighted by atomic mass is 35.5. The topological polar surface area (TPSA) is 74.9 Å². The predicted octanol–water partition coefficient (Wildman–Crippen LogP) is 4.31. The predicted molar refractivity (Wildman–Crippen MR) is 95.8 cm³/mol. The van der Waals surface area contributed by atoms with E-state index in [9.17, 15) is 9.59 Å². The van der Waals surface area contributed by atoms with Crippen molar-refractivity contribution in [2.75, 3.05) is 0 Å². The van der Waals surface area contributed by atoms with Crippen molar-refractivity contribution in [2.45, 2.75) is 25.8 Å². The Morgan fingerprint density at radius 1 is 1.28 bits per heavy atom. The van der Waals surface area contributed by atoms with Gasteiger partial charge in [-0.25, -0.2) is 4.79 Å². The molecule has 2 aromatic rings. The van der Waals surface area contributed by atoms with Crippen LogP contribution < -0.4 is 5.32 Å². The fourth-order valence-corrected chi connectivity index (χ4v) is 2.76. The van der Waals surface area contributed by atoms with Crippen molar-refractivity contribution in [1.82, 2.24) is 10.3 Å². The molecule has 0 saturated carbocycles. The second-order valence-electron chi connectivity index (χ2n) is 5.80. The van der Waals surface area contributed by atoms with Gasteiger partial charge in [-0.3, -0.25) is 4.79 Å². The number of hydrazone groups is 1. The zero-order valence-corrected chi connectivity index (χ0v) is 15.1. The van der Waals surface area contributed by atoms with Crippen LogP contribution in [0.3, 0.4) is 0 Å². The van der Waals surface area contributed by atoms with Gasteiger partial charge in [0.05, 0.1) is 11.2 Å². The van der Waals surface area contributed by atoms with E-state index in [1.54, 1.807) is 37.3 Å².